The first kappa shape index (κ1) is 21.9. The number of nitrogens with zero attached hydrogens (tertiary/aromatic N) is 7. The average molecular weight is 460 g/mol. The van der Waals surface area contributed by atoms with Gasteiger partial charge in [0, 0.05) is 19.3 Å². The summed E-state index contributed by atoms with van der Waals surface area (Å²) in [6.45, 7) is 3.67. The summed E-state index contributed by atoms with van der Waals surface area (Å²) in [6, 6.07) is 0. The van der Waals surface area contributed by atoms with Crippen LogP contribution in [0.3, 0.4) is 0 Å². The predicted molar refractivity (Wildman–Crippen MR) is 114 cm³/mol. The second-order valence-electron chi connectivity index (χ2n) is 7.54. The molecule has 0 spiro atoms. The van der Waals surface area contributed by atoms with Crippen LogP contribution in [0.4, 0.5) is 5.82 Å². The first-order valence-electron chi connectivity index (χ1n) is 10.1. The standard InChI is InChI=1S/C20H22ClN7O4/c1-11-4-6-27(7-5-11)17-13(15-12(21)8-22-9-23-15)16(26-20-24-10-25-28(17)20)14(18(29)31-2)19(30)32-3/h8-11,14H,4-7H2,1-3H3. The van der Waals surface area contributed by atoms with Gasteiger partial charge in [0.15, 0.2) is 5.92 Å². The zero-order valence-corrected chi connectivity index (χ0v) is 18.6. The molecule has 1 aliphatic heterocycles. The highest BCUT2D eigenvalue weighted by Gasteiger charge is 2.38. The molecule has 168 valence electrons. The van der Waals surface area contributed by atoms with E-state index in [1.807, 2.05) is 0 Å². The Balaban J connectivity index is 2.07. The lowest BCUT2D eigenvalue weighted by Gasteiger charge is -2.34. The Morgan fingerprint density at radius 3 is 2.44 bits per heavy atom. The van der Waals surface area contributed by atoms with Crippen LogP contribution in [-0.4, -0.2) is 68.8 Å². The molecule has 0 N–H and O–H groups in total. The van der Waals surface area contributed by atoms with E-state index in [9.17, 15) is 9.59 Å². The number of fused-ring (bicyclic) bond motifs is 1. The number of esters is 2. The highest BCUT2D eigenvalue weighted by molar-refractivity contribution is 6.33. The lowest BCUT2D eigenvalue weighted by molar-refractivity contribution is -0.154. The minimum Gasteiger partial charge on any atom is -0.468 e. The van der Waals surface area contributed by atoms with Gasteiger partial charge in [-0.3, -0.25) is 9.59 Å². The number of carbonyl (C=O) groups excluding carboxylic acids is 2. The fourth-order valence-corrected chi connectivity index (χ4v) is 4.05. The third-order valence-corrected chi connectivity index (χ3v) is 5.84. The van der Waals surface area contributed by atoms with E-state index in [2.05, 4.69) is 36.9 Å². The van der Waals surface area contributed by atoms with Gasteiger partial charge in [-0.15, -0.1) is 0 Å². The van der Waals surface area contributed by atoms with E-state index in [4.69, 9.17) is 21.1 Å². The number of carbonyl (C=O) groups is 2. The molecule has 3 aromatic heterocycles. The Bertz CT molecular complexity index is 1140. The largest absolute Gasteiger partial charge is 0.468 e. The van der Waals surface area contributed by atoms with Crippen LogP contribution in [0.25, 0.3) is 17.0 Å². The van der Waals surface area contributed by atoms with Crippen molar-refractivity contribution in [2.24, 2.45) is 5.92 Å². The van der Waals surface area contributed by atoms with Gasteiger partial charge in [-0.2, -0.15) is 14.6 Å². The van der Waals surface area contributed by atoms with Crippen LogP contribution < -0.4 is 4.90 Å². The first-order valence-corrected chi connectivity index (χ1v) is 10.4. The lowest BCUT2D eigenvalue weighted by Crippen LogP contribution is -2.36. The van der Waals surface area contributed by atoms with Crippen molar-refractivity contribution in [1.29, 1.82) is 0 Å². The summed E-state index contributed by atoms with van der Waals surface area (Å²) in [7, 11) is 2.39. The molecule has 12 heteroatoms. The van der Waals surface area contributed by atoms with Crippen molar-refractivity contribution in [3.8, 4) is 11.3 Å². The summed E-state index contributed by atoms with van der Waals surface area (Å²) in [6.07, 6.45) is 6.06. The molecule has 4 heterocycles. The molecule has 1 saturated heterocycles. The van der Waals surface area contributed by atoms with Crippen molar-refractivity contribution in [2.45, 2.75) is 25.7 Å². The maximum Gasteiger partial charge on any atom is 0.326 e. The summed E-state index contributed by atoms with van der Waals surface area (Å²) in [5.74, 6) is -1.72. The van der Waals surface area contributed by atoms with Crippen LogP contribution in [0.5, 0.6) is 0 Å². The van der Waals surface area contributed by atoms with Gasteiger partial charge in [-0.05, 0) is 18.8 Å². The van der Waals surface area contributed by atoms with E-state index >= 15 is 0 Å². The molecule has 1 fully saturated rings. The predicted octanol–water partition coefficient (Wildman–Crippen LogP) is 1.90. The minimum atomic E-state index is -1.46. The molecule has 11 nitrogen and oxygen atoms in total. The third kappa shape index (κ3) is 3.83. The van der Waals surface area contributed by atoms with Crippen LogP contribution in [-0.2, 0) is 19.1 Å². The zero-order valence-electron chi connectivity index (χ0n) is 17.9. The van der Waals surface area contributed by atoms with E-state index in [-0.39, 0.29) is 16.5 Å². The van der Waals surface area contributed by atoms with Crippen LogP contribution >= 0.6 is 11.6 Å². The second-order valence-corrected chi connectivity index (χ2v) is 7.94. The molecule has 4 rings (SSSR count). The van der Waals surface area contributed by atoms with Gasteiger partial charge in [0.1, 0.15) is 18.5 Å². The minimum absolute atomic E-state index is 0.0819. The Hall–Kier alpha value is -3.34. The number of piperidine rings is 1. The van der Waals surface area contributed by atoms with Crippen molar-refractivity contribution in [3.05, 3.63) is 29.6 Å². The molecule has 0 unspecified atom stereocenters. The van der Waals surface area contributed by atoms with E-state index in [1.165, 1.54) is 33.1 Å². The Kier molecular flexibility index (Phi) is 6.17. The highest BCUT2D eigenvalue weighted by Crippen LogP contribution is 2.40. The van der Waals surface area contributed by atoms with Gasteiger partial charge in [0.2, 0.25) is 0 Å². The number of rotatable bonds is 5. The molecular weight excluding hydrogens is 438 g/mol. The topological polar surface area (TPSA) is 125 Å². The van der Waals surface area contributed by atoms with Crippen molar-refractivity contribution in [2.75, 3.05) is 32.2 Å². The van der Waals surface area contributed by atoms with E-state index < -0.39 is 17.9 Å². The fraction of sp³-hybridized carbons (Fsp3) is 0.450. The van der Waals surface area contributed by atoms with Gasteiger partial charge in [0.25, 0.3) is 5.78 Å². The van der Waals surface area contributed by atoms with Gasteiger partial charge >= 0.3 is 11.9 Å². The van der Waals surface area contributed by atoms with Crippen molar-refractivity contribution >= 4 is 35.1 Å². The third-order valence-electron chi connectivity index (χ3n) is 5.57. The van der Waals surface area contributed by atoms with Crippen LogP contribution in [0.2, 0.25) is 5.02 Å². The fourth-order valence-electron chi connectivity index (χ4n) is 3.85. The normalized spacial score (nSPS) is 14.7. The summed E-state index contributed by atoms with van der Waals surface area (Å²) < 4.78 is 11.4. The van der Waals surface area contributed by atoms with Crippen molar-refractivity contribution in [3.63, 3.8) is 0 Å². The van der Waals surface area contributed by atoms with Gasteiger partial charge in [0.05, 0.1) is 36.2 Å². The van der Waals surface area contributed by atoms with Gasteiger partial charge < -0.3 is 14.4 Å². The molecule has 0 saturated carbocycles. The number of methoxy groups -OCH3 is 2. The summed E-state index contributed by atoms with van der Waals surface area (Å²) in [5.41, 5.74) is 0.775. The molecule has 32 heavy (non-hydrogen) atoms. The zero-order chi connectivity index (χ0) is 22.8. The number of ether oxygens (including phenoxy) is 2. The molecule has 1 aliphatic rings. The van der Waals surface area contributed by atoms with Crippen LogP contribution in [0, 0.1) is 5.92 Å². The maximum absolute atomic E-state index is 12.7. The molecule has 0 bridgehead atoms. The quantitative estimate of drug-likeness (QED) is 0.412. The molecule has 3 aromatic rings. The summed E-state index contributed by atoms with van der Waals surface area (Å²) >= 11 is 6.47. The Morgan fingerprint density at radius 1 is 1.12 bits per heavy atom. The first-order chi connectivity index (χ1) is 15.5. The number of aromatic nitrogens is 6. The Labute approximate surface area is 188 Å². The van der Waals surface area contributed by atoms with Gasteiger partial charge in [-0.25, -0.2) is 15.0 Å². The van der Waals surface area contributed by atoms with E-state index in [1.54, 1.807) is 4.52 Å². The highest BCUT2D eigenvalue weighted by atomic mass is 35.5. The summed E-state index contributed by atoms with van der Waals surface area (Å²) in [5, 5.41) is 4.57. The smallest absolute Gasteiger partial charge is 0.326 e. The van der Waals surface area contributed by atoms with Crippen LogP contribution in [0.15, 0.2) is 18.9 Å². The molecule has 0 atom stereocenters. The van der Waals surface area contributed by atoms with E-state index in [0.29, 0.717) is 23.0 Å². The number of halogens is 1. The van der Waals surface area contributed by atoms with Crippen molar-refractivity contribution in [1.82, 2.24) is 29.5 Å². The molecule has 0 amide bonds. The second kappa shape index (κ2) is 9.03. The number of hydrogen-bond donors (Lipinski definition) is 0. The summed E-state index contributed by atoms with van der Waals surface area (Å²) in [4.78, 5) is 44.5. The van der Waals surface area contributed by atoms with E-state index in [0.717, 1.165) is 25.9 Å². The van der Waals surface area contributed by atoms with Crippen LogP contribution in [0.1, 0.15) is 31.4 Å². The monoisotopic (exact) mass is 459 g/mol. The maximum atomic E-state index is 12.7. The molecule has 0 aromatic carbocycles. The number of hydrogen-bond acceptors (Lipinski definition) is 10. The molecule has 0 aliphatic carbocycles. The average Bonchev–Trinajstić information content (AvgIpc) is 3.27. The molecule has 0 radical (unpaired) electrons. The molecular formula is C20H22ClN7O4. The lowest BCUT2D eigenvalue weighted by atomic mass is 9.95. The number of anilines is 1. The van der Waals surface area contributed by atoms with Gasteiger partial charge in [-0.1, -0.05) is 18.5 Å². The van der Waals surface area contributed by atoms with Crippen molar-refractivity contribution < 1.29 is 19.1 Å². The SMILES string of the molecule is COC(=O)C(C(=O)OC)c1nc2ncnn2c(N2CCC(C)CC2)c1-c1ncncc1Cl. The Morgan fingerprint density at radius 2 is 1.81 bits per heavy atom.